The van der Waals surface area contributed by atoms with E-state index in [9.17, 15) is 13.6 Å². The number of nitrogens with two attached hydrogens (primary N) is 1. The molecule has 0 bridgehead atoms. The van der Waals surface area contributed by atoms with E-state index in [4.69, 9.17) is 5.73 Å². The Morgan fingerprint density at radius 1 is 1.70 bits per heavy atom. The maximum Gasteiger partial charge on any atom is 0.255 e. The molecule has 3 N–H and O–H groups in total. The second-order valence-electron chi connectivity index (χ2n) is 1.92. The lowest BCUT2D eigenvalue weighted by Gasteiger charge is -2.05. The van der Waals surface area contributed by atoms with Gasteiger partial charge in [-0.15, -0.1) is 0 Å². The third kappa shape index (κ3) is 4.20. The second-order valence-corrected chi connectivity index (χ2v) is 1.92. The molecule has 1 unspecified atom stereocenters. The maximum absolute atomic E-state index is 11.4. The molecule has 60 valence electrons. The first-order valence-electron chi connectivity index (χ1n) is 2.85. The quantitative estimate of drug-likeness (QED) is 0.584. The summed E-state index contributed by atoms with van der Waals surface area (Å²) in [6.45, 7) is 0.807. The molecule has 0 aliphatic heterocycles. The highest BCUT2D eigenvalue weighted by Crippen LogP contribution is 1.87. The molecule has 5 heteroatoms. The molecule has 1 amide bonds. The van der Waals surface area contributed by atoms with Gasteiger partial charge in [-0.25, -0.2) is 8.78 Å². The summed E-state index contributed by atoms with van der Waals surface area (Å²) >= 11 is 0. The Bertz CT molecular complexity index is 116. The zero-order chi connectivity index (χ0) is 8.15. The highest BCUT2D eigenvalue weighted by molar-refractivity contribution is 5.80. The third-order valence-electron chi connectivity index (χ3n) is 0.844. The first-order valence-corrected chi connectivity index (χ1v) is 2.85. The van der Waals surface area contributed by atoms with E-state index >= 15 is 0 Å². The van der Waals surface area contributed by atoms with Crippen LogP contribution in [0.15, 0.2) is 0 Å². The minimum absolute atomic E-state index is 0.555. The van der Waals surface area contributed by atoms with Gasteiger partial charge in [-0.1, -0.05) is 0 Å². The van der Waals surface area contributed by atoms with Crippen LogP contribution in [0.25, 0.3) is 0 Å². The summed E-state index contributed by atoms with van der Waals surface area (Å²) in [5, 5.41) is 1.97. The largest absolute Gasteiger partial charge is 0.349 e. The lowest BCUT2D eigenvalue weighted by molar-refractivity contribution is -0.122. The maximum atomic E-state index is 11.4. The summed E-state index contributed by atoms with van der Waals surface area (Å²) < 4.78 is 22.8. The van der Waals surface area contributed by atoms with Crippen LogP contribution in [-0.4, -0.2) is 24.9 Å². The van der Waals surface area contributed by atoms with Crippen molar-refractivity contribution in [3.8, 4) is 0 Å². The van der Waals surface area contributed by atoms with Crippen molar-refractivity contribution in [2.24, 2.45) is 5.73 Å². The highest BCUT2D eigenvalue weighted by Gasteiger charge is 2.08. The van der Waals surface area contributed by atoms with Gasteiger partial charge in [-0.3, -0.25) is 4.79 Å². The predicted molar refractivity (Wildman–Crippen MR) is 32.7 cm³/mol. The van der Waals surface area contributed by atoms with Crippen molar-refractivity contribution in [3.05, 3.63) is 0 Å². The SMILES string of the molecule is CC(N)C(=O)NCC(F)F. The summed E-state index contributed by atoms with van der Waals surface area (Å²) in [5.74, 6) is -0.555. The summed E-state index contributed by atoms with van der Waals surface area (Å²) in [5.41, 5.74) is 5.07. The molecule has 0 aliphatic rings. The van der Waals surface area contributed by atoms with Crippen LogP contribution in [0.4, 0.5) is 8.78 Å². The Labute approximate surface area is 57.6 Å². The molecule has 0 aromatic carbocycles. The van der Waals surface area contributed by atoms with Crippen LogP contribution in [0.3, 0.4) is 0 Å². The number of carbonyl (C=O) groups is 1. The fourth-order valence-corrected chi connectivity index (χ4v) is 0.339. The fourth-order valence-electron chi connectivity index (χ4n) is 0.339. The highest BCUT2D eigenvalue weighted by atomic mass is 19.3. The smallest absolute Gasteiger partial charge is 0.255 e. The molecule has 10 heavy (non-hydrogen) atoms. The second kappa shape index (κ2) is 4.16. The standard InChI is InChI=1S/C5H10F2N2O/c1-3(8)5(10)9-2-4(6)7/h3-4H,2,8H2,1H3,(H,9,10). The minimum atomic E-state index is -2.51. The zero-order valence-corrected chi connectivity index (χ0v) is 5.60. The lowest BCUT2D eigenvalue weighted by atomic mass is 10.3. The molecule has 0 saturated heterocycles. The number of hydrogen-bond donors (Lipinski definition) is 2. The normalized spacial score (nSPS) is 13.3. The number of amides is 1. The van der Waals surface area contributed by atoms with Crippen molar-refractivity contribution >= 4 is 5.91 Å². The molecule has 3 nitrogen and oxygen atoms in total. The zero-order valence-electron chi connectivity index (χ0n) is 5.60. The number of halogens is 2. The van der Waals surface area contributed by atoms with Crippen molar-refractivity contribution in [3.63, 3.8) is 0 Å². The van der Waals surface area contributed by atoms with Gasteiger partial charge >= 0.3 is 0 Å². The van der Waals surface area contributed by atoms with E-state index in [0.717, 1.165) is 0 Å². The molecule has 1 atom stereocenters. The molecule has 0 saturated carbocycles. The Kier molecular flexibility index (Phi) is 3.87. The Hall–Kier alpha value is -0.710. The summed E-state index contributed by atoms with van der Waals surface area (Å²) in [7, 11) is 0. The van der Waals surface area contributed by atoms with E-state index in [1.165, 1.54) is 6.92 Å². The summed E-state index contributed by atoms with van der Waals surface area (Å²) in [4.78, 5) is 10.5. The van der Waals surface area contributed by atoms with Gasteiger partial charge in [0.15, 0.2) is 0 Å². The van der Waals surface area contributed by atoms with Crippen LogP contribution in [0.5, 0.6) is 0 Å². The molecular weight excluding hydrogens is 142 g/mol. The van der Waals surface area contributed by atoms with Gasteiger partial charge in [0.05, 0.1) is 12.6 Å². The van der Waals surface area contributed by atoms with E-state index in [2.05, 4.69) is 0 Å². The molecule has 0 aromatic heterocycles. The van der Waals surface area contributed by atoms with Crippen LogP contribution in [-0.2, 0) is 4.79 Å². The van der Waals surface area contributed by atoms with E-state index in [1.54, 1.807) is 0 Å². The average Bonchev–Trinajstić information content (AvgIpc) is 1.82. The predicted octanol–water partition coefficient (Wildman–Crippen LogP) is -0.285. The monoisotopic (exact) mass is 152 g/mol. The molecular formula is C5H10F2N2O. The summed E-state index contributed by atoms with van der Waals surface area (Å²) in [6.07, 6.45) is -2.51. The lowest BCUT2D eigenvalue weighted by Crippen LogP contribution is -2.40. The van der Waals surface area contributed by atoms with Crippen LogP contribution in [0, 0.1) is 0 Å². The van der Waals surface area contributed by atoms with Crippen LogP contribution in [0.1, 0.15) is 6.92 Å². The van der Waals surface area contributed by atoms with Crippen LogP contribution < -0.4 is 11.1 Å². The van der Waals surface area contributed by atoms with Gasteiger partial charge in [0.25, 0.3) is 6.43 Å². The van der Waals surface area contributed by atoms with Gasteiger partial charge in [0.2, 0.25) is 5.91 Å². The van der Waals surface area contributed by atoms with Crippen molar-refractivity contribution in [2.75, 3.05) is 6.54 Å². The van der Waals surface area contributed by atoms with Gasteiger partial charge in [0.1, 0.15) is 0 Å². The molecule has 0 fully saturated rings. The molecule has 0 rings (SSSR count). The Morgan fingerprint density at radius 2 is 2.20 bits per heavy atom. The molecule has 0 spiro atoms. The van der Waals surface area contributed by atoms with Gasteiger partial charge in [-0.2, -0.15) is 0 Å². The van der Waals surface area contributed by atoms with E-state index in [-0.39, 0.29) is 0 Å². The molecule has 0 heterocycles. The Morgan fingerprint density at radius 3 is 2.50 bits per heavy atom. The average molecular weight is 152 g/mol. The summed E-state index contributed by atoms with van der Waals surface area (Å²) in [6, 6.07) is -0.723. The van der Waals surface area contributed by atoms with Crippen molar-refractivity contribution in [1.29, 1.82) is 0 Å². The van der Waals surface area contributed by atoms with Gasteiger partial charge in [-0.05, 0) is 6.92 Å². The van der Waals surface area contributed by atoms with Crippen LogP contribution in [0.2, 0.25) is 0 Å². The first-order chi connectivity index (χ1) is 4.54. The third-order valence-corrected chi connectivity index (χ3v) is 0.844. The van der Waals surface area contributed by atoms with Crippen molar-refractivity contribution in [2.45, 2.75) is 19.4 Å². The van der Waals surface area contributed by atoms with E-state index in [1.807, 2.05) is 5.32 Å². The minimum Gasteiger partial charge on any atom is -0.349 e. The van der Waals surface area contributed by atoms with Gasteiger partial charge < -0.3 is 11.1 Å². The number of carbonyl (C=O) groups excluding carboxylic acids is 1. The van der Waals surface area contributed by atoms with Crippen LogP contribution >= 0.6 is 0 Å². The number of rotatable bonds is 3. The van der Waals surface area contributed by atoms with Crippen molar-refractivity contribution < 1.29 is 13.6 Å². The molecule has 0 radical (unpaired) electrons. The van der Waals surface area contributed by atoms with Gasteiger partial charge in [0, 0.05) is 0 Å². The number of hydrogen-bond acceptors (Lipinski definition) is 2. The van der Waals surface area contributed by atoms with E-state index < -0.39 is 24.9 Å². The molecule has 0 aliphatic carbocycles. The topological polar surface area (TPSA) is 55.1 Å². The molecule has 0 aromatic rings. The van der Waals surface area contributed by atoms with E-state index in [0.29, 0.717) is 0 Å². The Balaban J connectivity index is 3.40. The number of alkyl halides is 2. The number of nitrogens with one attached hydrogen (secondary N) is 1. The fraction of sp³-hybridized carbons (Fsp3) is 0.800. The van der Waals surface area contributed by atoms with Crippen molar-refractivity contribution in [1.82, 2.24) is 5.32 Å². The first kappa shape index (κ1) is 9.29.